The molecule has 3 nitrogen and oxygen atoms in total. The largest absolute Gasteiger partial charge is 0.490 e. The lowest BCUT2D eigenvalue weighted by atomic mass is 9.96. The third-order valence-electron chi connectivity index (χ3n) is 2.94. The molecule has 1 aliphatic carbocycles. The minimum atomic E-state index is -4.54. The van der Waals surface area contributed by atoms with E-state index >= 15 is 0 Å². The van der Waals surface area contributed by atoms with E-state index in [0.717, 1.165) is 25.3 Å². The Morgan fingerprint density at radius 2 is 2.00 bits per heavy atom. The third-order valence-corrected chi connectivity index (χ3v) is 2.94. The summed E-state index contributed by atoms with van der Waals surface area (Å²) in [4.78, 5) is 0. The number of benzene rings is 1. The topological polar surface area (TPSA) is 59.1 Å². The monoisotopic (exact) mass is 258 g/mol. The maximum atomic E-state index is 12.8. The first-order valence-corrected chi connectivity index (χ1v) is 5.60. The van der Waals surface area contributed by atoms with Gasteiger partial charge in [-0.2, -0.15) is 13.2 Å². The van der Waals surface area contributed by atoms with Crippen LogP contribution in [-0.4, -0.2) is 11.9 Å². The number of hydrogen-bond donors (Lipinski definition) is 2. The predicted octanol–water partition coefficient (Wildman–Crippen LogP) is 2.92. The second-order valence-corrected chi connectivity index (χ2v) is 4.29. The Hall–Kier alpha value is -1.72. The van der Waals surface area contributed by atoms with E-state index in [-0.39, 0.29) is 17.4 Å². The standard InChI is InChI=1S/C12H13F3N2O/c13-12(14,15)10-6-8(18-7-2-1-3-7)4-5-9(10)11(16)17/h4-7H,1-3H2,(H3,16,17). The highest BCUT2D eigenvalue weighted by Gasteiger charge is 2.35. The lowest BCUT2D eigenvalue weighted by molar-refractivity contribution is -0.137. The Labute approximate surface area is 102 Å². The number of nitrogen functional groups attached to an aromatic ring is 1. The fourth-order valence-corrected chi connectivity index (χ4v) is 1.75. The Balaban J connectivity index is 2.32. The summed E-state index contributed by atoms with van der Waals surface area (Å²) in [6.45, 7) is 0. The zero-order chi connectivity index (χ0) is 13.3. The molecule has 0 aliphatic heterocycles. The van der Waals surface area contributed by atoms with Crippen molar-refractivity contribution in [1.82, 2.24) is 0 Å². The molecule has 18 heavy (non-hydrogen) atoms. The number of amidine groups is 1. The zero-order valence-electron chi connectivity index (χ0n) is 9.55. The van der Waals surface area contributed by atoms with Crippen LogP contribution < -0.4 is 10.5 Å². The van der Waals surface area contributed by atoms with Crippen LogP contribution in [0.5, 0.6) is 5.75 Å². The molecule has 0 radical (unpaired) electrons. The van der Waals surface area contributed by atoms with Gasteiger partial charge in [0.15, 0.2) is 0 Å². The summed E-state index contributed by atoms with van der Waals surface area (Å²) < 4.78 is 43.9. The molecular weight excluding hydrogens is 245 g/mol. The molecule has 0 atom stereocenters. The van der Waals surface area contributed by atoms with Crippen LogP contribution >= 0.6 is 0 Å². The van der Waals surface area contributed by atoms with Crippen molar-refractivity contribution in [3.05, 3.63) is 29.3 Å². The number of hydrogen-bond acceptors (Lipinski definition) is 2. The molecule has 2 rings (SSSR count). The van der Waals surface area contributed by atoms with Gasteiger partial charge in [-0.1, -0.05) is 0 Å². The summed E-state index contributed by atoms with van der Waals surface area (Å²) in [6, 6.07) is 3.51. The van der Waals surface area contributed by atoms with E-state index in [2.05, 4.69) is 0 Å². The van der Waals surface area contributed by atoms with Crippen molar-refractivity contribution in [1.29, 1.82) is 5.41 Å². The van der Waals surface area contributed by atoms with Gasteiger partial charge in [0.05, 0.1) is 11.7 Å². The van der Waals surface area contributed by atoms with Gasteiger partial charge in [-0.25, -0.2) is 0 Å². The normalized spacial score (nSPS) is 16.2. The van der Waals surface area contributed by atoms with Crippen molar-refractivity contribution >= 4 is 5.84 Å². The summed E-state index contributed by atoms with van der Waals surface area (Å²) in [7, 11) is 0. The molecule has 98 valence electrons. The summed E-state index contributed by atoms with van der Waals surface area (Å²) >= 11 is 0. The molecule has 1 saturated carbocycles. The van der Waals surface area contributed by atoms with Crippen molar-refractivity contribution in [3.8, 4) is 5.75 Å². The second-order valence-electron chi connectivity index (χ2n) is 4.29. The summed E-state index contributed by atoms with van der Waals surface area (Å²) in [6.07, 6.45) is -1.75. The maximum absolute atomic E-state index is 12.8. The van der Waals surface area contributed by atoms with E-state index < -0.39 is 17.6 Å². The first kappa shape index (κ1) is 12.7. The number of nitrogens with one attached hydrogen (secondary N) is 1. The van der Waals surface area contributed by atoms with Crippen molar-refractivity contribution in [2.24, 2.45) is 5.73 Å². The molecule has 1 aromatic rings. The van der Waals surface area contributed by atoms with Gasteiger partial charge in [0, 0.05) is 5.56 Å². The van der Waals surface area contributed by atoms with E-state index in [1.54, 1.807) is 0 Å². The van der Waals surface area contributed by atoms with Crippen LogP contribution in [0, 0.1) is 5.41 Å². The first-order valence-electron chi connectivity index (χ1n) is 5.60. The van der Waals surface area contributed by atoms with Crippen LogP contribution in [0.25, 0.3) is 0 Å². The van der Waals surface area contributed by atoms with Gasteiger partial charge < -0.3 is 10.5 Å². The van der Waals surface area contributed by atoms with Crippen molar-refractivity contribution in [2.45, 2.75) is 31.5 Å². The molecule has 1 aliphatic rings. The molecule has 6 heteroatoms. The molecule has 1 aromatic carbocycles. The fourth-order valence-electron chi connectivity index (χ4n) is 1.75. The SMILES string of the molecule is N=C(N)c1ccc(OC2CCC2)cc1C(F)(F)F. The van der Waals surface area contributed by atoms with Gasteiger partial charge in [-0.15, -0.1) is 0 Å². The van der Waals surface area contributed by atoms with Crippen molar-refractivity contribution < 1.29 is 17.9 Å². The van der Waals surface area contributed by atoms with Crippen molar-refractivity contribution in [2.75, 3.05) is 0 Å². The van der Waals surface area contributed by atoms with E-state index in [0.29, 0.717) is 0 Å². The maximum Gasteiger partial charge on any atom is 0.417 e. The van der Waals surface area contributed by atoms with Gasteiger partial charge in [0.25, 0.3) is 0 Å². The molecule has 0 saturated heterocycles. The molecule has 0 amide bonds. The summed E-state index contributed by atoms with van der Waals surface area (Å²) in [5, 5.41) is 7.15. The van der Waals surface area contributed by atoms with Crippen LogP contribution in [0.3, 0.4) is 0 Å². The average molecular weight is 258 g/mol. The van der Waals surface area contributed by atoms with E-state index in [9.17, 15) is 13.2 Å². The minimum absolute atomic E-state index is 0.00858. The Kier molecular flexibility index (Phi) is 3.19. The minimum Gasteiger partial charge on any atom is -0.490 e. The Bertz CT molecular complexity index is 467. The highest BCUT2D eigenvalue weighted by atomic mass is 19.4. The van der Waals surface area contributed by atoms with Crippen LogP contribution in [0.2, 0.25) is 0 Å². The van der Waals surface area contributed by atoms with Crippen LogP contribution in [-0.2, 0) is 6.18 Å². The lowest BCUT2D eigenvalue weighted by Crippen LogP contribution is -2.25. The van der Waals surface area contributed by atoms with Crippen LogP contribution in [0.15, 0.2) is 18.2 Å². The van der Waals surface area contributed by atoms with Gasteiger partial charge in [0.1, 0.15) is 11.6 Å². The number of halogens is 3. The quantitative estimate of drug-likeness (QED) is 0.647. The van der Waals surface area contributed by atoms with Gasteiger partial charge in [0.2, 0.25) is 0 Å². The lowest BCUT2D eigenvalue weighted by Gasteiger charge is -2.27. The summed E-state index contributed by atoms with van der Waals surface area (Å²) in [5.74, 6) is -0.422. The van der Waals surface area contributed by atoms with E-state index in [1.807, 2.05) is 0 Å². The third kappa shape index (κ3) is 2.57. The molecule has 1 fully saturated rings. The van der Waals surface area contributed by atoms with Gasteiger partial charge in [-0.05, 0) is 37.5 Å². The van der Waals surface area contributed by atoms with E-state index in [1.165, 1.54) is 12.1 Å². The number of nitrogens with two attached hydrogens (primary N) is 1. The molecule has 0 unspecified atom stereocenters. The zero-order valence-corrected chi connectivity index (χ0v) is 9.55. The van der Waals surface area contributed by atoms with Crippen molar-refractivity contribution in [3.63, 3.8) is 0 Å². The van der Waals surface area contributed by atoms with Gasteiger partial charge in [-0.3, -0.25) is 5.41 Å². The van der Waals surface area contributed by atoms with Gasteiger partial charge >= 0.3 is 6.18 Å². The number of ether oxygens (including phenoxy) is 1. The Morgan fingerprint density at radius 1 is 1.33 bits per heavy atom. The second kappa shape index (κ2) is 4.51. The molecule has 0 spiro atoms. The highest BCUT2D eigenvalue weighted by molar-refractivity contribution is 5.96. The average Bonchev–Trinajstić information content (AvgIpc) is 2.22. The predicted molar refractivity (Wildman–Crippen MR) is 60.7 cm³/mol. The fraction of sp³-hybridized carbons (Fsp3) is 0.417. The smallest absolute Gasteiger partial charge is 0.417 e. The molecular formula is C12H13F3N2O. The number of alkyl halides is 3. The van der Waals surface area contributed by atoms with Crippen LogP contribution in [0.1, 0.15) is 30.4 Å². The highest BCUT2D eigenvalue weighted by Crippen LogP contribution is 2.35. The Morgan fingerprint density at radius 3 is 2.44 bits per heavy atom. The summed E-state index contributed by atoms with van der Waals surface area (Å²) in [5.41, 5.74) is 3.90. The van der Waals surface area contributed by atoms with E-state index in [4.69, 9.17) is 15.9 Å². The molecule has 0 aromatic heterocycles. The number of rotatable bonds is 3. The molecule has 3 N–H and O–H groups in total. The molecule has 0 heterocycles. The molecule has 0 bridgehead atoms. The van der Waals surface area contributed by atoms with Crippen LogP contribution in [0.4, 0.5) is 13.2 Å². The first-order chi connectivity index (χ1) is 8.38.